The molecule has 1 heterocycles. The summed E-state index contributed by atoms with van der Waals surface area (Å²) in [7, 11) is 3.47. The minimum Gasteiger partial charge on any atom is -0.349 e. The number of aromatic nitrogens is 2. The highest BCUT2D eigenvalue weighted by Gasteiger charge is 2.04. The molecular formula is C8H12ClN3O. The number of amides is 1. The molecule has 0 atom stereocenters. The molecule has 0 unspecified atom stereocenters. The molecule has 0 aliphatic heterocycles. The van der Waals surface area contributed by atoms with E-state index in [0.29, 0.717) is 18.0 Å². The molecule has 0 aliphatic rings. The van der Waals surface area contributed by atoms with E-state index in [1.165, 1.54) is 0 Å². The Kier molecular flexibility index (Phi) is 3.31. The maximum absolute atomic E-state index is 11.2. The summed E-state index contributed by atoms with van der Waals surface area (Å²) in [5.74, 6) is 0.0895. The molecule has 0 N–H and O–H groups in total. The van der Waals surface area contributed by atoms with Crippen LogP contribution in [-0.2, 0) is 11.3 Å². The zero-order valence-electron chi connectivity index (χ0n) is 7.70. The number of rotatable bonds is 3. The van der Waals surface area contributed by atoms with Gasteiger partial charge >= 0.3 is 0 Å². The molecule has 1 rings (SSSR count). The summed E-state index contributed by atoms with van der Waals surface area (Å²) in [5.41, 5.74) is 0. The van der Waals surface area contributed by atoms with Gasteiger partial charge < -0.3 is 4.90 Å². The highest BCUT2D eigenvalue weighted by atomic mass is 35.5. The lowest BCUT2D eigenvalue weighted by molar-refractivity contribution is -0.128. The van der Waals surface area contributed by atoms with Gasteiger partial charge in [0.15, 0.2) is 0 Å². The van der Waals surface area contributed by atoms with Crippen molar-refractivity contribution in [3.8, 4) is 0 Å². The number of nitrogens with zero attached hydrogens (tertiary/aromatic N) is 3. The SMILES string of the molecule is CN(C)C(=O)CCn1cc(Cl)cn1. The molecule has 0 radical (unpaired) electrons. The smallest absolute Gasteiger partial charge is 0.223 e. The standard InChI is InChI=1S/C8H12ClN3O/c1-11(2)8(13)3-4-12-6-7(9)5-10-12/h5-6H,3-4H2,1-2H3. The van der Waals surface area contributed by atoms with Crippen LogP contribution in [0.4, 0.5) is 0 Å². The van der Waals surface area contributed by atoms with Crippen LogP contribution in [0, 0.1) is 0 Å². The second-order valence-electron chi connectivity index (χ2n) is 2.96. The Bertz CT molecular complexity index is 295. The largest absolute Gasteiger partial charge is 0.349 e. The molecule has 1 aromatic rings. The van der Waals surface area contributed by atoms with Crippen LogP contribution in [0.2, 0.25) is 5.02 Å². The van der Waals surface area contributed by atoms with Crippen LogP contribution >= 0.6 is 11.6 Å². The molecule has 1 aromatic heterocycles. The molecule has 5 heteroatoms. The molecule has 13 heavy (non-hydrogen) atoms. The van der Waals surface area contributed by atoms with Crippen molar-refractivity contribution < 1.29 is 4.79 Å². The van der Waals surface area contributed by atoms with E-state index < -0.39 is 0 Å². The monoisotopic (exact) mass is 201 g/mol. The normalized spacial score (nSPS) is 10.1. The second kappa shape index (κ2) is 4.28. The van der Waals surface area contributed by atoms with Gasteiger partial charge in [-0.1, -0.05) is 11.6 Å². The Morgan fingerprint density at radius 1 is 1.69 bits per heavy atom. The number of halogens is 1. The fourth-order valence-electron chi connectivity index (χ4n) is 0.894. The van der Waals surface area contributed by atoms with Crippen LogP contribution < -0.4 is 0 Å². The molecule has 0 spiro atoms. The van der Waals surface area contributed by atoms with Crippen LogP contribution in [0.5, 0.6) is 0 Å². The van der Waals surface area contributed by atoms with Crippen LogP contribution in [0.15, 0.2) is 12.4 Å². The van der Waals surface area contributed by atoms with E-state index in [2.05, 4.69) is 5.10 Å². The fraction of sp³-hybridized carbons (Fsp3) is 0.500. The summed E-state index contributed by atoms with van der Waals surface area (Å²) in [5, 5.41) is 4.56. The lowest BCUT2D eigenvalue weighted by Crippen LogP contribution is -2.22. The Morgan fingerprint density at radius 2 is 2.38 bits per heavy atom. The number of carbonyl (C=O) groups is 1. The number of hydrogen-bond donors (Lipinski definition) is 0. The summed E-state index contributed by atoms with van der Waals surface area (Å²) >= 11 is 5.66. The van der Waals surface area contributed by atoms with Crippen molar-refractivity contribution in [2.75, 3.05) is 14.1 Å². The summed E-state index contributed by atoms with van der Waals surface area (Å²) in [6, 6.07) is 0. The number of hydrogen-bond acceptors (Lipinski definition) is 2. The first-order valence-corrected chi connectivity index (χ1v) is 4.35. The molecule has 0 fully saturated rings. The molecular weight excluding hydrogens is 190 g/mol. The molecule has 72 valence electrons. The lowest BCUT2D eigenvalue weighted by Gasteiger charge is -2.09. The van der Waals surface area contributed by atoms with Gasteiger partial charge in [-0.2, -0.15) is 5.10 Å². The van der Waals surface area contributed by atoms with Crippen molar-refractivity contribution in [2.45, 2.75) is 13.0 Å². The quantitative estimate of drug-likeness (QED) is 0.732. The topological polar surface area (TPSA) is 38.1 Å². The Labute approximate surface area is 82.1 Å². The molecule has 0 aliphatic carbocycles. The fourth-order valence-corrected chi connectivity index (χ4v) is 1.05. The van der Waals surface area contributed by atoms with Gasteiger partial charge in [0.05, 0.1) is 11.2 Å². The van der Waals surface area contributed by atoms with Crippen LogP contribution in [0.1, 0.15) is 6.42 Å². The highest BCUT2D eigenvalue weighted by molar-refractivity contribution is 6.30. The van der Waals surface area contributed by atoms with Gasteiger partial charge in [0.2, 0.25) is 5.91 Å². The van der Waals surface area contributed by atoms with E-state index in [-0.39, 0.29) is 5.91 Å². The van der Waals surface area contributed by atoms with E-state index in [0.717, 1.165) is 0 Å². The third-order valence-electron chi connectivity index (χ3n) is 1.66. The predicted molar refractivity (Wildman–Crippen MR) is 50.5 cm³/mol. The van der Waals surface area contributed by atoms with Crippen molar-refractivity contribution in [1.82, 2.24) is 14.7 Å². The molecule has 0 saturated carbocycles. The van der Waals surface area contributed by atoms with E-state index in [1.807, 2.05) is 0 Å². The third-order valence-corrected chi connectivity index (χ3v) is 1.85. The highest BCUT2D eigenvalue weighted by Crippen LogP contribution is 2.05. The van der Waals surface area contributed by atoms with Crippen LogP contribution in [-0.4, -0.2) is 34.7 Å². The van der Waals surface area contributed by atoms with Crippen molar-refractivity contribution >= 4 is 17.5 Å². The minimum atomic E-state index is 0.0895. The summed E-state index contributed by atoms with van der Waals surface area (Å²) in [6.45, 7) is 0.573. The zero-order valence-corrected chi connectivity index (χ0v) is 8.45. The zero-order chi connectivity index (χ0) is 9.84. The molecule has 4 nitrogen and oxygen atoms in total. The Hall–Kier alpha value is -1.03. The molecule has 0 aromatic carbocycles. The first-order valence-electron chi connectivity index (χ1n) is 3.97. The van der Waals surface area contributed by atoms with Crippen molar-refractivity contribution in [3.05, 3.63) is 17.4 Å². The summed E-state index contributed by atoms with van der Waals surface area (Å²) in [6.07, 6.45) is 3.71. The first-order chi connectivity index (χ1) is 6.09. The third kappa shape index (κ3) is 3.06. The van der Waals surface area contributed by atoms with Gasteiger partial charge in [0.25, 0.3) is 0 Å². The van der Waals surface area contributed by atoms with Crippen molar-refractivity contribution in [2.24, 2.45) is 0 Å². The lowest BCUT2D eigenvalue weighted by atomic mass is 10.4. The Balaban J connectivity index is 2.39. The van der Waals surface area contributed by atoms with Gasteiger partial charge in [0, 0.05) is 33.3 Å². The van der Waals surface area contributed by atoms with Gasteiger partial charge in [-0.05, 0) is 0 Å². The summed E-state index contributed by atoms with van der Waals surface area (Å²) in [4.78, 5) is 12.7. The van der Waals surface area contributed by atoms with Crippen molar-refractivity contribution in [3.63, 3.8) is 0 Å². The second-order valence-corrected chi connectivity index (χ2v) is 3.40. The maximum Gasteiger partial charge on any atom is 0.223 e. The number of carbonyl (C=O) groups excluding carboxylic acids is 1. The van der Waals surface area contributed by atoms with E-state index in [9.17, 15) is 4.79 Å². The number of aryl methyl sites for hydroxylation is 1. The van der Waals surface area contributed by atoms with Gasteiger partial charge in [-0.25, -0.2) is 0 Å². The average Bonchev–Trinajstić information content (AvgIpc) is 2.47. The minimum absolute atomic E-state index is 0.0895. The predicted octanol–water partition coefficient (Wildman–Crippen LogP) is 1.01. The average molecular weight is 202 g/mol. The van der Waals surface area contributed by atoms with Crippen LogP contribution in [0.3, 0.4) is 0 Å². The van der Waals surface area contributed by atoms with Gasteiger partial charge in [-0.15, -0.1) is 0 Å². The van der Waals surface area contributed by atoms with Gasteiger partial charge in [-0.3, -0.25) is 9.48 Å². The van der Waals surface area contributed by atoms with Crippen LogP contribution in [0.25, 0.3) is 0 Å². The summed E-state index contributed by atoms with van der Waals surface area (Å²) < 4.78 is 1.66. The Morgan fingerprint density at radius 3 is 2.85 bits per heavy atom. The first kappa shape index (κ1) is 10.1. The van der Waals surface area contributed by atoms with E-state index in [1.54, 1.807) is 36.1 Å². The van der Waals surface area contributed by atoms with Gasteiger partial charge in [0.1, 0.15) is 0 Å². The van der Waals surface area contributed by atoms with E-state index >= 15 is 0 Å². The van der Waals surface area contributed by atoms with E-state index in [4.69, 9.17) is 11.6 Å². The molecule has 0 bridgehead atoms. The van der Waals surface area contributed by atoms with Crippen molar-refractivity contribution in [1.29, 1.82) is 0 Å². The molecule has 1 amide bonds. The molecule has 0 saturated heterocycles. The maximum atomic E-state index is 11.2.